The van der Waals surface area contributed by atoms with Crippen LogP contribution in [0.25, 0.3) is 0 Å². The molecule has 0 radical (unpaired) electrons. The Hall–Kier alpha value is -0.950. The molecule has 1 heterocycles. The maximum atomic E-state index is 11.6. The third kappa shape index (κ3) is 22.2. The number of hydrogen-bond donors (Lipinski definition) is 4. The summed E-state index contributed by atoms with van der Waals surface area (Å²) in [5.41, 5.74) is 0.853. The summed E-state index contributed by atoms with van der Waals surface area (Å²) in [5.74, 6) is -0.132. The number of esters is 1. The van der Waals surface area contributed by atoms with E-state index in [1.54, 1.807) is 0 Å². The summed E-state index contributed by atoms with van der Waals surface area (Å²) in [4.78, 5) is 11.6. The van der Waals surface area contributed by atoms with Crippen molar-refractivity contribution in [2.45, 2.75) is 218 Å². The number of hydrogen-bond acceptors (Lipinski definition) is 6. The second kappa shape index (κ2) is 27.4. The molecule has 0 aromatic rings. The summed E-state index contributed by atoms with van der Waals surface area (Å²) in [7, 11) is 0. The first-order valence-electron chi connectivity index (χ1n) is 18.5. The van der Waals surface area contributed by atoms with Gasteiger partial charge in [-0.3, -0.25) is 0 Å². The minimum Gasteiger partial charge on any atom is -0.455 e. The zero-order valence-corrected chi connectivity index (χ0v) is 28.2. The van der Waals surface area contributed by atoms with Gasteiger partial charge in [-0.1, -0.05) is 142 Å². The Morgan fingerprint density at radius 1 is 0.535 bits per heavy atom. The van der Waals surface area contributed by atoms with Crippen LogP contribution in [0.15, 0.2) is 11.6 Å². The van der Waals surface area contributed by atoms with E-state index >= 15 is 0 Å². The van der Waals surface area contributed by atoms with Crippen molar-refractivity contribution >= 4 is 5.97 Å². The fraction of sp³-hybridized carbons (Fsp3) is 0.919. The van der Waals surface area contributed by atoms with E-state index in [1.807, 2.05) is 13.0 Å². The predicted molar refractivity (Wildman–Crippen MR) is 178 cm³/mol. The molecule has 43 heavy (non-hydrogen) atoms. The van der Waals surface area contributed by atoms with Crippen molar-refractivity contribution in [1.82, 2.24) is 0 Å². The van der Waals surface area contributed by atoms with Crippen LogP contribution in [-0.2, 0) is 9.53 Å². The lowest BCUT2D eigenvalue weighted by Crippen LogP contribution is -2.27. The van der Waals surface area contributed by atoms with Gasteiger partial charge in [-0.25, -0.2) is 4.79 Å². The van der Waals surface area contributed by atoms with Crippen LogP contribution in [0.1, 0.15) is 187 Å². The van der Waals surface area contributed by atoms with E-state index in [2.05, 4.69) is 6.92 Å². The number of carbonyl (C=O) groups is 1. The molecule has 4 N–H and O–H groups in total. The van der Waals surface area contributed by atoms with E-state index in [0.717, 1.165) is 56.9 Å². The lowest BCUT2D eigenvalue weighted by Gasteiger charge is -2.20. The first-order chi connectivity index (χ1) is 20.8. The smallest absolute Gasteiger partial charge is 0.334 e. The lowest BCUT2D eigenvalue weighted by atomic mass is 9.97. The fourth-order valence-electron chi connectivity index (χ4n) is 6.22. The number of ether oxygens (including phenoxy) is 1. The van der Waals surface area contributed by atoms with Gasteiger partial charge in [0.1, 0.15) is 6.10 Å². The van der Waals surface area contributed by atoms with E-state index in [0.29, 0.717) is 25.7 Å². The van der Waals surface area contributed by atoms with Crippen LogP contribution in [0.5, 0.6) is 0 Å². The Labute approximate surface area is 265 Å². The molecule has 6 heteroatoms. The maximum absolute atomic E-state index is 11.6. The zero-order valence-electron chi connectivity index (χ0n) is 28.2. The number of rotatable bonds is 31. The van der Waals surface area contributed by atoms with Crippen molar-refractivity contribution in [2.75, 3.05) is 0 Å². The quantitative estimate of drug-likeness (QED) is 0.0461. The van der Waals surface area contributed by atoms with Gasteiger partial charge in [0.25, 0.3) is 0 Å². The van der Waals surface area contributed by atoms with Gasteiger partial charge in [-0.05, 0) is 51.5 Å². The van der Waals surface area contributed by atoms with Crippen molar-refractivity contribution in [3.8, 4) is 0 Å². The highest BCUT2D eigenvalue weighted by atomic mass is 16.5. The number of cyclic esters (lactones) is 1. The van der Waals surface area contributed by atoms with E-state index < -0.39 is 24.4 Å². The van der Waals surface area contributed by atoms with E-state index in [1.165, 1.54) is 96.3 Å². The van der Waals surface area contributed by atoms with Crippen molar-refractivity contribution in [2.24, 2.45) is 0 Å². The molecule has 0 saturated carbocycles. The summed E-state index contributed by atoms with van der Waals surface area (Å²) in [6.07, 6.45) is 28.2. The highest BCUT2D eigenvalue weighted by Crippen LogP contribution is 2.21. The first-order valence-corrected chi connectivity index (χ1v) is 18.5. The molecule has 1 aliphatic rings. The first kappa shape index (κ1) is 40.1. The van der Waals surface area contributed by atoms with E-state index in [4.69, 9.17) is 4.74 Å². The standard InChI is InChI=1S/C37H70O6/c1-3-4-5-6-7-8-12-15-18-21-26-33(38)35(40)28-23-24-29-36(41)34(39)27-22-19-16-13-10-9-11-14-17-20-25-32-30-31(2)43-37(32)42/h30-31,33-36,38-41H,3-29H2,1-2H3. The highest BCUT2D eigenvalue weighted by Gasteiger charge is 2.21. The Balaban J connectivity index is 1.87. The van der Waals surface area contributed by atoms with Crippen LogP contribution in [-0.4, -0.2) is 56.9 Å². The molecule has 0 saturated heterocycles. The molecule has 6 nitrogen and oxygen atoms in total. The molecule has 0 amide bonds. The van der Waals surface area contributed by atoms with Gasteiger partial charge in [0.15, 0.2) is 0 Å². The second-order valence-corrected chi connectivity index (χ2v) is 13.4. The monoisotopic (exact) mass is 611 g/mol. The molecular formula is C37H70O6. The minimum absolute atomic E-state index is 0.0585. The number of aliphatic hydroxyl groups excluding tert-OH is 4. The third-order valence-electron chi connectivity index (χ3n) is 9.18. The average molecular weight is 611 g/mol. The Kier molecular flexibility index (Phi) is 25.5. The van der Waals surface area contributed by atoms with E-state index in [9.17, 15) is 25.2 Å². The molecule has 1 rings (SSSR count). The Bertz CT molecular complexity index is 680. The van der Waals surface area contributed by atoms with Gasteiger partial charge >= 0.3 is 5.97 Å². The average Bonchev–Trinajstić information content (AvgIpc) is 3.32. The molecule has 5 atom stereocenters. The number of unbranched alkanes of at least 4 members (excludes halogenated alkanes) is 19. The van der Waals surface area contributed by atoms with Gasteiger partial charge in [0.05, 0.1) is 24.4 Å². The zero-order chi connectivity index (χ0) is 31.5. The summed E-state index contributed by atoms with van der Waals surface area (Å²) in [6.45, 7) is 4.15. The third-order valence-corrected chi connectivity index (χ3v) is 9.18. The van der Waals surface area contributed by atoms with Crippen molar-refractivity contribution in [1.29, 1.82) is 0 Å². The molecule has 1 aliphatic heterocycles. The molecule has 0 bridgehead atoms. The van der Waals surface area contributed by atoms with Crippen LogP contribution in [0.3, 0.4) is 0 Å². The number of carbonyl (C=O) groups excluding carboxylic acids is 1. The predicted octanol–water partition coefficient (Wildman–Crippen LogP) is 8.85. The van der Waals surface area contributed by atoms with Gasteiger partial charge in [-0.15, -0.1) is 0 Å². The van der Waals surface area contributed by atoms with Crippen molar-refractivity contribution < 1.29 is 30.0 Å². The van der Waals surface area contributed by atoms with Gasteiger partial charge < -0.3 is 25.2 Å². The van der Waals surface area contributed by atoms with Gasteiger partial charge in [0.2, 0.25) is 0 Å². The fourth-order valence-corrected chi connectivity index (χ4v) is 6.22. The topological polar surface area (TPSA) is 107 Å². The van der Waals surface area contributed by atoms with Gasteiger partial charge in [0, 0.05) is 5.57 Å². The van der Waals surface area contributed by atoms with Crippen LogP contribution >= 0.6 is 0 Å². The second-order valence-electron chi connectivity index (χ2n) is 13.4. The van der Waals surface area contributed by atoms with Crippen LogP contribution in [0.2, 0.25) is 0 Å². The van der Waals surface area contributed by atoms with E-state index in [-0.39, 0.29) is 12.1 Å². The highest BCUT2D eigenvalue weighted by molar-refractivity contribution is 5.90. The molecule has 0 spiro atoms. The van der Waals surface area contributed by atoms with Crippen molar-refractivity contribution in [3.05, 3.63) is 11.6 Å². The lowest BCUT2D eigenvalue weighted by molar-refractivity contribution is -0.139. The SMILES string of the molecule is CCCCCCCCCCCCC(O)C(O)CCCCC(O)C(O)CCCCCCCCCCCCC1=CC(C)OC1=O. The Morgan fingerprint density at radius 2 is 0.837 bits per heavy atom. The Morgan fingerprint density at radius 3 is 1.16 bits per heavy atom. The van der Waals surface area contributed by atoms with Gasteiger partial charge in [-0.2, -0.15) is 0 Å². The molecular weight excluding hydrogens is 540 g/mol. The summed E-state index contributed by atoms with van der Waals surface area (Å²) >= 11 is 0. The molecule has 0 fully saturated rings. The largest absolute Gasteiger partial charge is 0.455 e. The van der Waals surface area contributed by atoms with Crippen molar-refractivity contribution in [3.63, 3.8) is 0 Å². The summed E-state index contributed by atoms with van der Waals surface area (Å²) < 4.78 is 5.14. The molecule has 0 aromatic carbocycles. The summed E-state index contributed by atoms with van der Waals surface area (Å²) in [6, 6.07) is 0. The molecule has 0 aliphatic carbocycles. The van der Waals surface area contributed by atoms with Crippen LogP contribution in [0, 0.1) is 0 Å². The normalized spacial score (nSPS) is 18.0. The number of aliphatic hydroxyl groups is 4. The minimum atomic E-state index is -0.701. The van der Waals surface area contributed by atoms with Crippen LogP contribution < -0.4 is 0 Å². The molecule has 0 aromatic heterocycles. The molecule has 5 unspecified atom stereocenters. The maximum Gasteiger partial charge on any atom is 0.334 e. The molecule has 254 valence electrons. The van der Waals surface area contributed by atoms with Crippen LogP contribution in [0.4, 0.5) is 0 Å². The summed E-state index contributed by atoms with van der Waals surface area (Å²) in [5, 5.41) is 41.2.